The van der Waals surface area contributed by atoms with Crippen molar-refractivity contribution in [1.82, 2.24) is 10.6 Å². The molecule has 9 heteroatoms. The predicted octanol–water partition coefficient (Wildman–Crippen LogP) is 2.40. The fourth-order valence-electron chi connectivity index (χ4n) is 2.80. The molecule has 5 N–H and O–H groups in total. The Morgan fingerprint density at radius 2 is 2.11 bits per heavy atom. The van der Waals surface area contributed by atoms with Crippen LogP contribution in [0, 0.1) is 23.5 Å². The maximum absolute atomic E-state index is 13.7. The molecule has 0 spiro atoms. The summed E-state index contributed by atoms with van der Waals surface area (Å²) in [5, 5.41) is 8.52. The van der Waals surface area contributed by atoms with Crippen molar-refractivity contribution in [3.05, 3.63) is 51.2 Å². The molecule has 2 heterocycles. The van der Waals surface area contributed by atoms with Crippen molar-refractivity contribution in [3.63, 3.8) is 0 Å². The zero-order valence-electron chi connectivity index (χ0n) is 14.8. The van der Waals surface area contributed by atoms with Crippen LogP contribution < -0.4 is 21.7 Å². The van der Waals surface area contributed by atoms with Crippen molar-refractivity contribution in [2.75, 3.05) is 18.4 Å². The standard InChI is InChI=1S/C19H18F2N4O2S/c20-14-5-1-3-11(16(14)21)6-7-13-9-15(25-19(22)27)17(28-13)18(26)24-12-4-2-8-23-10-12/h1,3,5,9,12,23H,2,4,8,10H2,(H,24,26)(H3,22,25,27)/t12-/m0/s1. The first kappa shape index (κ1) is 19.8. The second-order valence-electron chi connectivity index (χ2n) is 6.21. The number of benzene rings is 1. The molecule has 1 aromatic heterocycles. The van der Waals surface area contributed by atoms with Crippen LogP contribution in [0.5, 0.6) is 0 Å². The summed E-state index contributed by atoms with van der Waals surface area (Å²) in [5.41, 5.74) is 5.30. The Balaban J connectivity index is 1.85. The van der Waals surface area contributed by atoms with E-state index in [2.05, 4.69) is 27.8 Å². The highest BCUT2D eigenvalue weighted by atomic mass is 32.1. The number of primary amides is 1. The third-order valence-corrected chi connectivity index (χ3v) is 5.15. The van der Waals surface area contributed by atoms with Crippen LogP contribution in [-0.4, -0.2) is 31.1 Å². The van der Waals surface area contributed by atoms with Crippen molar-refractivity contribution in [1.29, 1.82) is 0 Å². The van der Waals surface area contributed by atoms with Gasteiger partial charge in [0.2, 0.25) is 0 Å². The van der Waals surface area contributed by atoms with Crippen LogP contribution in [0.15, 0.2) is 24.3 Å². The van der Waals surface area contributed by atoms with Crippen molar-refractivity contribution >= 4 is 29.0 Å². The maximum atomic E-state index is 13.7. The highest BCUT2D eigenvalue weighted by molar-refractivity contribution is 7.15. The van der Waals surface area contributed by atoms with E-state index in [1.165, 1.54) is 18.2 Å². The number of carbonyl (C=O) groups excluding carboxylic acids is 2. The van der Waals surface area contributed by atoms with Gasteiger partial charge in [-0.2, -0.15) is 0 Å². The minimum atomic E-state index is -1.04. The summed E-state index contributed by atoms with van der Waals surface area (Å²) in [4.78, 5) is 24.5. The molecule has 0 saturated carbocycles. The first-order valence-corrected chi connectivity index (χ1v) is 9.43. The summed E-state index contributed by atoms with van der Waals surface area (Å²) in [6.07, 6.45) is 1.81. The molecule has 1 aromatic carbocycles. The molecule has 6 nitrogen and oxygen atoms in total. The third kappa shape index (κ3) is 4.85. The number of thiophene rings is 1. The van der Waals surface area contributed by atoms with E-state index in [0.29, 0.717) is 11.4 Å². The number of nitrogens with one attached hydrogen (secondary N) is 3. The SMILES string of the molecule is NC(=O)Nc1cc(C#Cc2cccc(F)c2F)sc1C(=O)N[C@H]1CCCNC1. The highest BCUT2D eigenvalue weighted by Gasteiger charge is 2.21. The van der Waals surface area contributed by atoms with Crippen LogP contribution in [0.3, 0.4) is 0 Å². The first-order valence-electron chi connectivity index (χ1n) is 8.62. The van der Waals surface area contributed by atoms with E-state index in [1.807, 2.05) is 0 Å². The van der Waals surface area contributed by atoms with Crippen molar-refractivity contribution in [2.45, 2.75) is 18.9 Å². The van der Waals surface area contributed by atoms with Gasteiger partial charge in [0.15, 0.2) is 11.6 Å². The van der Waals surface area contributed by atoms with Crippen molar-refractivity contribution < 1.29 is 18.4 Å². The zero-order valence-corrected chi connectivity index (χ0v) is 15.6. The molecule has 1 fully saturated rings. The maximum Gasteiger partial charge on any atom is 0.316 e. The molecule has 0 radical (unpaired) electrons. The topological polar surface area (TPSA) is 96.2 Å². The summed E-state index contributed by atoms with van der Waals surface area (Å²) in [6.45, 7) is 1.58. The van der Waals surface area contributed by atoms with Crippen LogP contribution in [0.2, 0.25) is 0 Å². The van der Waals surface area contributed by atoms with Gasteiger partial charge in [-0.1, -0.05) is 17.9 Å². The molecular weight excluding hydrogens is 386 g/mol. The van der Waals surface area contributed by atoms with Gasteiger partial charge in [-0.15, -0.1) is 11.3 Å². The lowest BCUT2D eigenvalue weighted by Gasteiger charge is -2.23. The lowest BCUT2D eigenvalue weighted by atomic mass is 10.1. The quantitative estimate of drug-likeness (QED) is 0.592. The first-order chi connectivity index (χ1) is 13.4. The monoisotopic (exact) mass is 404 g/mol. The predicted molar refractivity (Wildman–Crippen MR) is 103 cm³/mol. The fourth-order valence-corrected chi connectivity index (χ4v) is 3.67. The summed E-state index contributed by atoms with van der Waals surface area (Å²) in [6, 6.07) is 4.36. The number of carbonyl (C=O) groups is 2. The van der Waals surface area contributed by atoms with Gasteiger partial charge < -0.3 is 21.7 Å². The molecule has 3 rings (SSSR count). The average molecular weight is 404 g/mol. The van der Waals surface area contributed by atoms with Crippen LogP contribution in [0.4, 0.5) is 19.3 Å². The summed E-state index contributed by atoms with van der Waals surface area (Å²) >= 11 is 1.03. The number of rotatable bonds is 3. The molecule has 146 valence electrons. The second-order valence-corrected chi connectivity index (χ2v) is 7.26. The van der Waals surface area contributed by atoms with Gasteiger partial charge in [-0.3, -0.25) is 4.79 Å². The smallest absolute Gasteiger partial charge is 0.316 e. The minimum absolute atomic E-state index is 0.0132. The second kappa shape index (κ2) is 8.82. The molecule has 0 unspecified atom stereocenters. The van der Waals surface area contributed by atoms with Crippen LogP contribution in [0.25, 0.3) is 0 Å². The number of halogens is 2. The van der Waals surface area contributed by atoms with E-state index >= 15 is 0 Å². The average Bonchev–Trinajstić information content (AvgIpc) is 3.06. The molecular formula is C19H18F2N4O2S. The number of urea groups is 1. The van der Waals surface area contributed by atoms with E-state index in [0.717, 1.165) is 36.8 Å². The lowest BCUT2D eigenvalue weighted by molar-refractivity contribution is 0.0935. The Labute approximate surface area is 164 Å². The van der Waals surface area contributed by atoms with Gasteiger partial charge >= 0.3 is 6.03 Å². The van der Waals surface area contributed by atoms with Crippen LogP contribution in [0.1, 0.15) is 33.0 Å². The summed E-state index contributed by atoms with van der Waals surface area (Å²) in [5.74, 6) is 2.86. The Hall–Kier alpha value is -2.96. The summed E-state index contributed by atoms with van der Waals surface area (Å²) < 4.78 is 27.0. The summed E-state index contributed by atoms with van der Waals surface area (Å²) in [7, 11) is 0. The molecule has 28 heavy (non-hydrogen) atoms. The normalized spacial score (nSPS) is 16.0. The van der Waals surface area contributed by atoms with Gasteiger partial charge in [0.1, 0.15) is 4.88 Å². The molecule has 1 aliphatic heterocycles. The molecule has 0 bridgehead atoms. The van der Waals surface area contributed by atoms with Crippen LogP contribution >= 0.6 is 11.3 Å². The molecule has 3 amide bonds. The molecule has 1 atom stereocenters. The van der Waals surface area contributed by atoms with Gasteiger partial charge in [-0.25, -0.2) is 13.6 Å². The van der Waals surface area contributed by atoms with Crippen molar-refractivity contribution in [2.24, 2.45) is 5.73 Å². The van der Waals surface area contributed by atoms with Crippen LogP contribution in [-0.2, 0) is 0 Å². The van der Waals surface area contributed by atoms with E-state index in [-0.39, 0.29) is 28.1 Å². The van der Waals surface area contributed by atoms with Gasteiger partial charge in [0.05, 0.1) is 16.1 Å². The number of amides is 3. The number of hydrogen-bond acceptors (Lipinski definition) is 4. The number of anilines is 1. The fraction of sp³-hybridized carbons (Fsp3) is 0.263. The highest BCUT2D eigenvalue weighted by Crippen LogP contribution is 2.27. The third-order valence-electron chi connectivity index (χ3n) is 4.10. The lowest BCUT2D eigenvalue weighted by Crippen LogP contribution is -2.45. The number of nitrogens with two attached hydrogens (primary N) is 1. The van der Waals surface area contributed by atoms with E-state index in [9.17, 15) is 18.4 Å². The zero-order chi connectivity index (χ0) is 20.1. The van der Waals surface area contributed by atoms with E-state index in [4.69, 9.17) is 5.73 Å². The van der Waals surface area contributed by atoms with E-state index in [1.54, 1.807) is 0 Å². The number of piperidine rings is 1. The van der Waals surface area contributed by atoms with Gasteiger partial charge in [0.25, 0.3) is 5.91 Å². The van der Waals surface area contributed by atoms with E-state index < -0.39 is 17.7 Å². The Morgan fingerprint density at radius 3 is 2.82 bits per heavy atom. The Kier molecular flexibility index (Phi) is 6.23. The minimum Gasteiger partial charge on any atom is -0.351 e. The van der Waals surface area contributed by atoms with Gasteiger partial charge in [-0.05, 0) is 37.6 Å². The van der Waals surface area contributed by atoms with Crippen molar-refractivity contribution in [3.8, 4) is 11.8 Å². The largest absolute Gasteiger partial charge is 0.351 e. The Bertz CT molecular complexity index is 959. The molecule has 0 aliphatic carbocycles. The number of hydrogen-bond donors (Lipinski definition) is 4. The Morgan fingerprint density at radius 1 is 1.29 bits per heavy atom. The molecule has 1 saturated heterocycles. The molecule has 2 aromatic rings. The molecule has 1 aliphatic rings. The van der Waals surface area contributed by atoms with Gasteiger partial charge in [0, 0.05) is 12.6 Å².